The Balaban J connectivity index is 1.65. The number of carbonyl (C=O) groups excluding carboxylic acids is 2. The number of hydrogen-bond donors (Lipinski definition) is 0. The number of amides is 2. The molecule has 3 rings (SSSR count). The maximum atomic E-state index is 13.2. The molecule has 0 radical (unpaired) electrons. The number of aryl methyl sites for hydroxylation is 1. The molecule has 172 valence electrons. The molecule has 2 amide bonds. The SMILES string of the molecule is Cc1ccc(C(=O)N(C)Cc2ccco2)c(C2CCN(C(=O)CSC(=S)N(C)C)CC2)n1. The Labute approximate surface area is 199 Å². The highest BCUT2D eigenvalue weighted by atomic mass is 32.2. The molecule has 1 aliphatic heterocycles. The maximum Gasteiger partial charge on any atom is 0.255 e. The fourth-order valence-corrected chi connectivity index (χ4v) is 4.59. The lowest BCUT2D eigenvalue weighted by atomic mass is 9.89. The zero-order chi connectivity index (χ0) is 23.3. The van der Waals surface area contributed by atoms with E-state index in [9.17, 15) is 9.59 Å². The number of rotatable bonds is 6. The fourth-order valence-electron chi connectivity index (χ4n) is 3.73. The lowest BCUT2D eigenvalue weighted by molar-refractivity contribution is -0.129. The van der Waals surface area contributed by atoms with Crippen molar-refractivity contribution < 1.29 is 14.0 Å². The molecule has 32 heavy (non-hydrogen) atoms. The van der Waals surface area contributed by atoms with E-state index < -0.39 is 0 Å². The molecular formula is C23H30N4O3S2. The Morgan fingerprint density at radius 3 is 2.56 bits per heavy atom. The second-order valence-electron chi connectivity index (χ2n) is 8.23. The van der Waals surface area contributed by atoms with Crippen LogP contribution in [0.2, 0.25) is 0 Å². The van der Waals surface area contributed by atoms with Crippen LogP contribution in [0.1, 0.15) is 46.3 Å². The molecule has 2 aromatic rings. The van der Waals surface area contributed by atoms with Crippen LogP contribution in [0.25, 0.3) is 0 Å². The van der Waals surface area contributed by atoms with Gasteiger partial charge in [0.25, 0.3) is 5.91 Å². The Kier molecular flexibility index (Phi) is 8.31. The van der Waals surface area contributed by atoms with Gasteiger partial charge < -0.3 is 19.1 Å². The van der Waals surface area contributed by atoms with Crippen molar-refractivity contribution in [3.05, 3.63) is 53.2 Å². The zero-order valence-electron chi connectivity index (χ0n) is 19.0. The summed E-state index contributed by atoms with van der Waals surface area (Å²) in [5, 5.41) is 0. The van der Waals surface area contributed by atoms with E-state index in [2.05, 4.69) is 0 Å². The van der Waals surface area contributed by atoms with Gasteiger partial charge >= 0.3 is 0 Å². The molecule has 1 saturated heterocycles. The Morgan fingerprint density at radius 1 is 1.22 bits per heavy atom. The van der Waals surface area contributed by atoms with Gasteiger partial charge in [-0.2, -0.15) is 0 Å². The summed E-state index contributed by atoms with van der Waals surface area (Å²) >= 11 is 6.65. The highest BCUT2D eigenvalue weighted by Crippen LogP contribution is 2.30. The zero-order valence-corrected chi connectivity index (χ0v) is 20.7. The Morgan fingerprint density at radius 2 is 1.94 bits per heavy atom. The van der Waals surface area contributed by atoms with Crippen molar-refractivity contribution >= 4 is 40.1 Å². The quantitative estimate of drug-likeness (QED) is 0.593. The molecule has 2 aromatic heterocycles. The van der Waals surface area contributed by atoms with Crippen LogP contribution >= 0.6 is 24.0 Å². The first kappa shape index (κ1) is 24.3. The highest BCUT2D eigenvalue weighted by Gasteiger charge is 2.29. The van der Waals surface area contributed by atoms with Crippen molar-refractivity contribution in [2.45, 2.75) is 32.2 Å². The molecule has 0 saturated carbocycles. The second kappa shape index (κ2) is 11.0. The summed E-state index contributed by atoms with van der Waals surface area (Å²) in [7, 11) is 5.53. The smallest absolute Gasteiger partial charge is 0.255 e. The molecule has 3 heterocycles. The lowest BCUT2D eigenvalue weighted by Gasteiger charge is -2.33. The summed E-state index contributed by atoms with van der Waals surface area (Å²) in [6.45, 7) is 3.65. The monoisotopic (exact) mass is 474 g/mol. The minimum Gasteiger partial charge on any atom is -0.467 e. The molecule has 1 fully saturated rings. The van der Waals surface area contributed by atoms with Gasteiger partial charge in [-0.1, -0.05) is 24.0 Å². The van der Waals surface area contributed by atoms with Crippen LogP contribution < -0.4 is 0 Å². The summed E-state index contributed by atoms with van der Waals surface area (Å²) in [6.07, 6.45) is 3.18. The molecule has 0 aromatic carbocycles. The van der Waals surface area contributed by atoms with Crippen LogP contribution in [0.4, 0.5) is 0 Å². The molecule has 0 bridgehead atoms. The number of pyridine rings is 1. The third kappa shape index (κ3) is 6.10. The number of carbonyl (C=O) groups is 2. The number of piperidine rings is 1. The number of furan rings is 1. The average Bonchev–Trinajstić information content (AvgIpc) is 3.29. The minimum atomic E-state index is -0.0731. The van der Waals surface area contributed by atoms with Crippen molar-refractivity contribution in [1.82, 2.24) is 19.7 Å². The van der Waals surface area contributed by atoms with E-state index in [0.29, 0.717) is 35.3 Å². The Bertz CT molecular complexity index is 954. The van der Waals surface area contributed by atoms with Gasteiger partial charge in [0.05, 0.1) is 29.8 Å². The van der Waals surface area contributed by atoms with Crippen LogP contribution in [0.15, 0.2) is 34.9 Å². The first-order valence-corrected chi connectivity index (χ1v) is 12.0. The summed E-state index contributed by atoms with van der Waals surface area (Å²) in [5.41, 5.74) is 2.34. The molecule has 9 heteroatoms. The van der Waals surface area contributed by atoms with E-state index in [1.165, 1.54) is 11.8 Å². The first-order chi connectivity index (χ1) is 15.3. The number of nitrogens with zero attached hydrogens (tertiary/aromatic N) is 4. The third-order valence-electron chi connectivity index (χ3n) is 5.53. The molecule has 7 nitrogen and oxygen atoms in total. The van der Waals surface area contributed by atoms with E-state index in [0.717, 1.165) is 30.0 Å². The van der Waals surface area contributed by atoms with Crippen LogP contribution in [-0.2, 0) is 11.3 Å². The van der Waals surface area contributed by atoms with Gasteiger partial charge in [0.1, 0.15) is 10.1 Å². The van der Waals surface area contributed by atoms with E-state index in [4.69, 9.17) is 21.6 Å². The van der Waals surface area contributed by atoms with Crippen molar-refractivity contribution in [3.63, 3.8) is 0 Å². The van der Waals surface area contributed by atoms with Crippen molar-refractivity contribution in [2.75, 3.05) is 40.0 Å². The molecule has 0 N–H and O–H groups in total. The molecule has 0 aliphatic carbocycles. The second-order valence-corrected chi connectivity index (χ2v) is 9.84. The summed E-state index contributed by atoms with van der Waals surface area (Å²) in [4.78, 5) is 35.9. The van der Waals surface area contributed by atoms with E-state index in [-0.39, 0.29) is 17.7 Å². The van der Waals surface area contributed by atoms with Gasteiger partial charge in [0, 0.05) is 45.8 Å². The van der Waals surface area contributed by atoms with Crippen LogP contribution in [0.5, 0.6) is 0 Å². The number of hydrogen-bond acceptors (Lipinski definition) is 6. The topological polar surface area (TPSA) is 69.9 Å². The van der Waals surface area contributed by atoms with E-state index in [1.807, 2.05) is 55.1 Å². The number of thiocarbonyl (C=S) groups is 1. The predicted octanol–water partition coefficient (Wildman–Crippen LogP) is 3.54. The number of aromatic nitrogens is 1. The van der Waals surface area contributed by atoms with Crippen molar-refractivity contribution in [2.24, 2.45) is 0 Å². The fraction of sp³-hybridized carbons (Fsp3) is 0.478. The summed E-state index contributed by atoms with van der Waals surface area (Å²) < 4.78 is 6.09. The van der Waals surface area contributed by atoms with E-state index >= 15 is 0 Å². The van der Waals surface area contributed by atoms with Crippen LogP contribution in [-0.4, -0.2) is 75.8 Å². The van der Waals surface area contributed by atoms with Crippen molar-refractivity contribution in [1.29, 1.82) is 0 Å². The van der Waals surface area contributed by atoms with Gasteiger partial charge in [-0.15, -0.1) is 0 Å². The van der Waals surface area contributed by atoms with Gasteiger partial charge in [-0.25, -0.2) is 0 Å². The summed E-state index contributed by atoms with van der Waals surface area (Å²) in [5.74, 6) is 1.26. The first-order valence-electron chi connectivity index (χ1n) is 10.6. The molecule has 1 aliphatic rings. The molecule has 0 spiro atoms. The summed E-state index contributed by atoms with van der Waals surface area (Å²) in [6, 6.07) is 7.42. The Hall–Kier alpha value is -2.39. The van der Waals surface area contributed by atoms with E-state index in [1.54, 1.807) is 18.2 Å². The van der Waals surface area contributed by atoms with Crippen LogP contribution in [0.3, 0.4) is 0 Å². The number of likely N-dealkylation sites (tertiary alicyclic amines) is 1. The molecular weight excluding hydrogens is 444 g/mol. The normalized spacial score (nSPS) is 14.3. The largest absolute Gasteiger partial charge is 0.467 e. The number of thioether (sulfide) groups is 1. The maximum absolute atomic E-state index is 13.2. The predicted molar refractivity (Wildman–Crippen MR) is 131 cm³/mol. The lowest BCUT2D eigenvalue weighted by Crippen LogP contribution is -2.40. The van der Waals surface area contributed by atoms with Gasteiger partial charge in [-0.05, 0) is 44.0 Å². The van der Waals surface area contributed by atoms with Gasteiger partial charge in [0.15, 0.2) is 0 Å². The average molecular weight is 475 g/mol. The standard InChI is InChI=1S/C23H30N4O3S2/c1-16-7-8-19(22(29)26(4)14-18-6-5-13-30-18)21(24-16)17-9-11-27(12-10-17)20(28)15-32-23(31)25(2)3/h5-8,13,17H,9-12,14-15H2,1-4H3. The molecule has 0 atom stereocenters. The van der Waals surface area contributed by atoms with Gasteiger partial charge in [-0.3, -0.25) is 14.6 Å². The minimum absolute atomic E-state index is 0.0731. The van der Waals surface area contributed by atoms with Gasteiger partial charge in [0.2, 0.25) is 5.91 Å². The third-order valence-corrected chi connectivity index (χ3v) is 7.25. The highest BCUT2D eigenvalue weighted by molar-refractivity contribution is 8.23. The van der Waals surface area contributed by atoms with Crippen molar-refractivity contribution in [3.8, 4) is 0 Å². The molecule has 0 unspecified atom stereocenters. The van der Waals surface area contributed by atoms with Crippen LogP contribution in [0, 0.1) is 6.92 Å².